The lowest BCUT2D eigenvalue weighted by Gasteiger charge is -2.24. The Bertz CT molecular complexity index is 452. The molecule has 2 N–H and O–H groups in total. The first kappa shape index (κ1) is 13.4. The van der Waals surface area contributed by atoms with Gasteiger partial charge < -0.3 is 15.2 Å². The number of amides is 1. The molecule has 0 radical (unpaired) electrons. The molecule has 0 aromatic heterocycles. The van der Waals surface area contributed by atoms with E-state index in [0.717, 1.165) is 18.4 Å². The summed E-state index contributed by atoms with van der Waals surface area (Å²) in [5, 5.41) is 11.7. The second kappa shape index (κ2) is 5.73. The number of aliphatic carboxylic acids is 1. The zero-order valence-corrected chi connectivity index (χ0v) is 10.6. The molecule has 0 saturated heterocycles. The fourth-order valence-electron chi connectivity index (χ4n) is 2.33. The molecule has 0 heterocycles. The Kier molecular flexibility index (Phi) is 4.04. The maximum Gasteiger partial charge on any atom is 0.408 e. The number of nitrogens with one attached hydrogen (secondary N) is 1. The molecule has 0 bridgehead atoms. The summed E-state index contributed by atoms with van der Waals surface area (Å²) in [5.74, 6) is -0.985. The number of carboxylic acids is 1. The van der Waals surface area contributed by atoms with Crippen LogP contribution < -0.4 is 5.32 Å². The summed E-state index contributed by atoms with van der Waals surface area (Å²) in [4.78, 5) is 22.9. The molecular weight excluding hydrogens is 246 g/mol. The Morgan fingerprint density at radius 2 is 1.84 bits per heavy atom. The van der Waals surface area contributed by atoms with Crippen molar-refractivity contribution < 1.29 is 19.4 Å². The van der Waals surface area contributed by atoms with Crippen molar-refractivity contribution in [3.05, 3.63) is 35.9 Å². The third-order valence-corrected chi connectivity index (χ3v) is 3.42. The van der Waals surface area contributed by atoms with Gasteiger partial charge in [0, 0.05) is 0 Å². The third kappa shape index (κ3) is 3.24. The van der Waals surface area contributed by atoms with Crippen molar-refractivity contribution in [3.63, 3.8) is 0 Å². The molecule has 0 atom stereocenters. The van der Waals surface area contributed by atoms with Gasteiger partial charge in [-0.05, 0) is 18.4 Å². The van der Waals surface area contributed by atoms with Crippen molar-refractivity contribution >= 4 is 12.1 Å². The van der Waals surface area contributed by atoms with Crippen molar-refractivity contribution in [2.24, 2.45) is 0 Å². The number of hydrogen-bond acceptors (Lipinski definition) is 3. The van der Waals surface area contributed by atoms with Crippen molar-refractivity contribution in [1.29, 1.82) is 0 Å². The van der Waals surface area contributed by atoms with Crippen LogP contribution in [0.3, 0.4) is 0 Å². The fourth-order valence-corrected chi connectivity index (χ4v) is 2.33. The smallest absolute Gasteiger partial charge is 0.408 e. The number of carbonyl (C=O) groups is 2. The second-order valence-electron chi connectivity index (χ2n) is 4.78. The van der Waals surface area contributed by atoms with Crippen LogP contribution >= 0.6 is 0 Å². The molecule has 1 saturated carbocycles. The van der Waals surface area contributed by atoms with Gasteiger partial charge in [-0.25, -0.2) is 9.59 Å². The average molecular weight is 263 g/mol. The van der Waals surface area contributed by atoms with E-state index in [-0.39, 0.29) is 6.61 Å². The Hall–Kier alpha value is -2.04. The number of benzene rings is 1. The van der Waals surface area contributed by atoms with Crippen LogP contribution in [0.15, 0.2) is 30.3 Å². The van der Waals surface area contributed by atoms with E-state index in [1.807, 2.05) is 30.3 Å². The first-order chi connectivity index (χ1) is 9.12. The Morgan fingerprint density at radius 1 is 1.21 bits per heavy atom. The summed E-state index contributed by atoms with van der Waals surface area (Å²) in [6, 6.07) is 9.27. The van der Waals surface area contributed by atoms with Crippen LogP contribution in [0.1, 0.15) is 31.2 Å². The minimum absolute atomic E-state index is 0.141. The standard InChI is InChI=1S/C14H17NO4/c16-12(17)14(8-4-5-9-14)15-13(18)19-10-11-6-2-1-3-7-11/h1-3,6-7H,4-5,8-10H2,(H,15,18)(H,16,17). The van der Waals surface area contributed by atoms with Crippen LogP contribution in [0.2, 0.25) is 0 Å². The lowest BCUT2D eigenvalue weighted by molar-refractivity contribution is -0.144. The molecule has 0 spiro atoms. The summed E-state index contributed by atoms with van der Waals surface area (Å²) in [7, 11) is 0. The van der Waals surface area contributed by atoms with Crippen molar-refractivity contribution in [3.8, 4) is 0 Å². The van der Waals surface area contributed by atoms with E-state index >= 15 is 0 Å². The first-order valence-electron chi connectivity index (χ1n) is 6.35. The maximum absolute atomic E-state index is 11.7. The van der Waals surface area contributed by atoms with Crippen molar-refractivity contribution in [2.75, 3.05) is 0 Å². The van der Waals surface area contributed by atoms with Crippen molar-refractivity contribution in [2.45, 2.75) is 37.8 Å². The number of ether oxygens (including phenoxy) is 1. The van der Waals surface area contributed by atoms with Crippen LogP contribution in [-0.4, -0.2) is 22.7 Å². The van der Waals surface area contributed by atoms with Crippen LogP contribution in [0, 0.1) is 0 Å². The number of carboxylic acid groups (broad SMARTS) is 1. The molecule has 1 aliphatic carbocycles. The van der Waals surface area contributed by atoms with E-state index in [4.69, 9.17) is 4.74 Å². The number of carbonyl (C=O) groups excluding carboxylic acids is 1. The SMILES string of the molecule is O=C(NC1(C(=O)O)CCCC1)OCc1ccccc1. The molecule has 5 nitrogen and oxygen atoms in total. The van der Waals surface area contributed by atoms with E-state index in [1.54, 1.807) is 0 Å². The predicted molar refractivity (Wildman–Crippen MR) is 68.6 cm³/mol. The monoisotopic (exact) mass is 263 g/mol. The number of hydrogen-bond donors (Lipinski definition) is 2. The van der Waals surface area contributed by atoms with Gasteiger partial charge in [-0.15, -0.1) is 0 Å². The zero-order chi connectivity index (χ0) is 13.7. The molecule has 1 aromatic rings. The van der Waals surface area contributed by atoms with Gasteiger partial charge in [-0.3, -0.25) is 0 Å². The fraction of sp³-hybridized carbons (Fsp3) is 0.429. The van der Waals surface area contributed by atoms with E-state index < -0.39 is 17.6 Å². The van der Waals surface area contributed by atoms with Gasteiger partial charge in [0.2, 0.25) is 0 Å². The van der Waals surface area contributed by atoms with Crippen LogP contribution in [0.25, 0.3) is 0 Å². The van der Waals surface area contributed by atoms with Gasteiger partial charge >= 0.3 is 12.1 Å². The van der Waals surface area contributed by atoms with Crippen LogP contribution in [-0.2, 0) is 16.1 Å². The average Bonchev–Trinajstić information content (AvgIpc) is 2.87. The Balaban J connectivity index is 1.88. The minimum atomic E-state index is -1.15. The summed E-state index contributed by atoms with van der Waals surface area (Å²) in [6.45, 7) is 0.141. The Morgan fingerprint density at radius 3 is 2.42 bits per heavy atom. The maximum atomic E-state index is 11.7. The van der Waals surface area contributed by atoms with E-state index in [0.29, 0.717) is 12.8 Å². The summed E-state index contributed by atoms with van der Waals surface area (Å²) in [5.41, 5.74) is -0.276. The zero-order valence-electron chi connectivity index (χ0n) is 10.6. The molecule has 2 rings (SSSR count). The summed E-state index contributed by atoms with van der Waals surface area (Å²) < 4.78 is 5.05. The number of alkyl carbamates (subject to hydrolysis) is 1. The molecule has 5 heteroatoms. The minimum Gasteiger partial charge on any atom is -0.480 e. The van der Waals surface area contributed by atoms with Gasteiger partial charge in [-0.1, -0.05) is 43.2 Å². The van der Waals surface area contributed by atoms with Crippen molar-refractivity contribution in [1.82, 2.24) is 5.32 Å². The normalized spacial score (nSPS) is 16.8. The van der Waals surface area contributed by atoms with Gasteiger partial charge in [0.25, 0.3) is 0 Å². The highest BCUT2D eigenvalue weighted by atomic mass is 16.5. The molecule has 1 fully saturated rings. The quantitative estimate of drug-likeness (QED) is 0.874. The molecule has 1 aromatic carbocycles. The van der Waals surface area contributed by atoms with Crippen LogP contribution in [0.5, 0.6) is 0 Å². The van der Waals surface area contributed by atoms with E-state index in [1.165, 1.54) is 0 Å². The highest BCUT2D eigenvalue weighted by Crippen LogP contribution is 2.30. The van der Waals surface area contributed by atoms with Gasteiger partial charge in [-0.2, -0.15) is 0 Å². The predicted octanol–water partition coefficient (Wildman–Crippen LogP) is 2.31. The number of rotatable bonds is 4. The highest BCUT2D eigenvalue weighted by molar-refractivity contribution is 5.84. The summed E-state index contributed by atoms with van der Waals surface area (Å²) >= 11 is 0. The third-order valence-electron chi connectivity index (χ3n) is 3.42. The summed E-state index contributed by atoms with van der Waals surface area (Å²) in [6.07, 6.45) is 1.87. The van der Waals surface area contributed by atoms with Crippen LogP contribution in [0.4, 0.5) is 4.79 Å². The second-order valence-corrected chi connectivity index (χ2v) is 4.78. The molecule has 102 valence electrons. The molecule has 1 amide bonds. The largest absolute Gasteiger partial charge is 0.480 e. The molecular formula is C14H17NO4. The Labute approximate surface area is 111 Å². The van der Waals surface area contributed by atoms with E-state index in [9.17, 15) is 14.7 Å². The van der Waals surface area contributed by atoms with E-state index in [2.05, 4.69) is 5.32 Å². The first-order valence-corrected chi connectivity index (χ1v) is 6.35. The molecule has 1 aliphatic rings. The van der Waals surface area contributed by atoms with Gasteiger partial charge in [0.15, 0.2) is 0 Å². The lowest BCUT2D eigenvalue weighted by atomic mass is 9.98. The van der Waals surface area contributed by atoms with Gasteiger partial charge in [0.05, 0.1) is 0 Å². The topological polar surface area (TPSA) is 75.6 Å². The van der Waals surface area contributed by atoms with Gasteiger partial charge in [0.1, 0.15) is 12.1 Å². The highest BCUT2D eigenvalue weighted by Gasteiger charge is 2.43. The lowest BCUT2D eigenvalue weighted by Crippen LogP contribution is -2.52. The molecule has 0 unspecified atom stereocenters. The molecule has 0 aliphatic heterocycles. The molecule has 19 heavy (non-hydrogen) atoms.